The highest BCUT2D eigenvalue weighted by Gasteiger charge is 2.53. The Morgan fingerprint density at radius 3 is 2.64 bits per heavy atom. The van der Waals surface area contributed by atoms with Crippen molar-refractivity contribution >= 4 is 5.91 Å². The van der Waals surface area contributed by atoms with Gasteiger partial charge in [0.25, 0.3) is 5.91 Å². The van der Waals surface area contributed by atoms with Crippen LogP contribution in [0, 0.1) is 0 Å². The molecule has 1 saturated heterocycles. The summed E-state index contributed by atoms with van der Waals surface area (Å²) in [6, 6.07) is 8.38. The average Bonchev–Trinajstić information content (AvgIpc) is 3.38. The summed E-state index contributed by atoms with van der Waals surface area (Å²) in [5, 5.41) is 11.3. The monoisotopic (exact) mass is 381 g/mol. The van der Waals surface area contributed by atoms with E-state index < -0.39 is 6.10 Å². The molecule has 28 heavy (non-hydrogen) atoms. The Hall–Kier alpha value is -2.18. The summed E-state index contributed by atoms with van der Waals surface area (Å²) in [7, 11) is 4.04. The highest BCUT2D eigenvalue weighted by atomic mass is 16.3. The molecule has 0 radical (unpaired) electrons. The van der Waals surface area contributed by atoms with Crippen molar-refractivity contribution in [1.82, 2.24) is 14.8 Å². The van der Waals surface area contributed by atoms with Crippen molar-refractivity contribution in [3.05, 3.63) is 53.2 Å². The van der Waals surface area contributed by atoms with Gasteiger partial charge in [-0.15, -0.1) is 0 Å². The molecule has 1 aliphatic heterocycles. The van der Waals surface area contributed by atoms with Crippen LogP contribution in [0.4, 0.5) is 0 Å². The molecule has 2 heterocycles. The van der Waals surface area contributed by atoms with Crippen molar-refractivity contribution < 1.29 is 14.3 Å². The largest absolute Gasteiger partial charge is 0.447 e. The molecule has 2 aromatic rings. The van der Waals surface area contributed by atoms with E-state index in [0.717, 1.165) is 31.4 Å². The first-order valence-corrected chi connectivity index (χ1v) is 10.2. The van der Waals surface area contributed by atoms with Crippen LogP contribution in [0.5, 0.6) is 0 Å². The SMILES string of the molecule is CN(C)[C@@H]1c2ccccc2C2(CCN(C(=O)c3ncoc3C3CC3)CC2)[C@H]1O. The third-order valence-corrected chi connectivity index (χ3v) is 6.93. The van der Waals surface area contributed by atoms with E-state index in [1.165, 1.54) is 17.5 Å². The first kappa shape index (κ1) is 17.9. The molecule has 1 saturated carbocycles. The van der Waals surface area contributed by atoms with E-state index in [1.54, 1.807) is 0 Å². The summed E-state index contributed by atoms with van der Waals surface area (Å²) < 4.78 is 5.49. The fourth-order valence-electron chi connectivity index (χ4n) is 5.28. The molecule has 2 aliphatic carbocycles. The van der Waals surface area contributed by atoms with Gasteiger partial charge in [-0.3, -0.25) is 4.79 Å². The molecule has 148 valence electrons. The summed E-state index contributed by atoms with van der Waals surface area (Å²) in [6.07, 6.45) is 4.60. The molecular weight excluding hydrogens is 354 g/mol. The number of oxazole rings is 1. The number of likely N-dealkylation sites (N-methyl/N-ethyl adjacent to an activating group) is 1. The molecule has 1 N–H and O–H groups in total. The lowest BCUT2D eigenvalue weighted by Gasteiger charge is -2.43. The number of likely N-dealkylation sites (tertiary alicyclic amines) is 1. The molecule has 2 atom stereocenters. The van der Waals surface area contributed by atoms with E-state index in [2.05, 4.69) is 28.1 Å². The van der Waals surface area contributed by atoms with Crippen LogP contribution in [-0.2, 0) is 5.41 Å². The predicted molar refractivity (Wildman–Crippen MR) is 104 cm³/mol. The Morgan fingerprint density at radius 2 is 1.96 bits per heavy atom. The van der Waals surface area contributed by atoms with Crippen molar-refractivity contribution in [2.75, 3.05) is 27.2 Å². The van der Waals surface area contributed by atoms with Gasteiger partial charge in [0.05, 0.1) is 12.1 Å². The van der Waals surface area contributed by atoms with Gasteiger partial charge < -0.3 is 19.3 Å². The minimum Gasteiger partial charge on any atom is -0.447 e. The molecular formula is C22H27N3O3. The molecule has 1 aromatic heterocycles. The minimum absolute atomic E-state index is 0.00420. The van der Waals surface area contributed by atoms with Gasteiger partial charge in [0, 0.05) is 24.4 Å². The number of piperidine rings is 1. The highest BCUT2D eigenvalue weighted by Crippen LogP contribution is 2.52. The Kier molecular flexibility index (Phi) is 4.10. The normalized spacial score (nSPS) is 26.1. The Bertz CT molecular complexity index is 894. The maximum atomic E-state index is 13.0. The number of carbonyl (C=O) groups excluding carboxylic acids is 1. The van der Waals surface area contributed by atoms with Crippen LogP contribution >= 0.6 is 0 Å². The van der Waals surface area contributed by atoms with Gasteiger partial charge in [-0.25, -0.2) is 4.98 Å². The van der Waals surface area contributed by atoms with Crippen molar-refractivity contribution in [3.63, 3.8) is 0 Å². The smallest absolute Gasteiger partial charge is 0.276 e. The van der Waals surface area contributed by atoms with Crippen LogP contribution in [0.2, 0.25) is 0 Å². The summed E-state index contributed by atoms with van der Waals surface area (Å²) in [5.41, 5.74) is 2.66. The van der Waals surface area contributed by atoms with E-state index in [9.17, 15) is 9.90 Å². The summed E-state index contributed by atoms with van der Waals surface area (Å²) in [5.74, 6) is 1.08. The average molecular weight is 381 g/mol. The fourth-order valence-corrected chi connectivity index (χ4v) is 5.28. The number of aromatic nitrogens is 1. The second kappa shape index (κ2) is 6.42. The topological polar surface area (TPSA) is 69.8 Å². The number of aliphatic hydroxyl groups is 1. The standard InChI is InChI=1S/C22H27N3O3/c1-24(2)18-15-5-3-4-6-16(15)22(20(18)26)9-11-25(12-10-22)21(27)17-19(14-7-8-14)28-13-23-17/h3-6,13-14,18,20,26H,7-12H2,1-2H3/t18-,20+/m1/s1. The van der Waals surface area contributed by atoms with Gasteiger partial charge in [-0.05, 0) is 50.9 Å². The number of amides is 1. The van der Waals surface area contributed by atoms with E-state index in [1.807, 2.05) is 25.1 Å². The number of nitrogens with zero attached hydrogens (tertiary/aromatic N) is 3. The minimum atomic E-state index is -0.466. The van der Waals surface area contributed by atoms with Crippen LogP contribution < -0.4 is 0 Å². The Morgan fingerprint density at radius 1 is 1.25 bits per heavy atom. The van der Waals surface area contributed by atoms with Gasteiger partial charge in [-0.2, -0.15) is 0 Å². The molecule has 6 nitrogen and oxygen atoms in total. The second-order valence-corrected chi connectivity index (χ2v) is 8.73. The molecule has 1 amide bonds. The lowest BCUT2D eigenvalue weighted by atomic mass is 9.72. The Labute approximate surface area is 165 Å². The zero-order valence-electron chi connectivity index (χ0n) is 16.5. The second-order valence-electron chi connectivity index (χ2n) is 8.73. The molecule has 6 heteroatoms. The molecule has 1 aromatic carbocycles. The zero-order valence-corrected chi connectivity index (χ0v) is 16.5. The van der Waals surface area contributed by atoms with E-state index in [0.29, 0.717) is 24.7 Å². The van der Waals surface area contributed by atoms with E-state index >= 15 is 0 Å². The van der Waals surface area contributed by atoms with E-state index in [4.69, 9.17) is 4.42 Å². The first-order chi connectivity index (χ1) is 13.5. The lowest BCUT2D eigenvalue weighted by Crippen LogP contribution is -2.50. The molecule has 5 rings (SSSR count). The summed E-state index contributed by atoms with van der Waals surface area (Å²) >= 11 is 0. The van der Waals surface area contributed by atoms with Gasteiger partial charge >= 0.3 is 0 Å². The number of fused-ring (bicyclic) bond motifs is 2. The fraction of sp³-hybridized carbons (Fsp3) is 0.545. The first-order valence-electron chi connectivity index (χ1n) is 10.2. The number of hydrogen-bond acceptors (Lipinski definition) is 5. The summed E-state index contributed by atoms with van der Waals surface area (Å²) in [4.78, 5) is 21.2. The molecule has 3 aliphatic rings. The molecule has 0 unspecified atom stereocenters. The molecule has 1 spiro atoms. The maximum absolute atomic E-state index is 13.0. The number of hydrogen-bond donors (Lipinski definition) is 1. The third kappa shape index (κ3) is 2.54. The highest BCUT2D eigenvalue weighted by molar-refractivity contribution is 5.93. The molecule has 0 bridgehead atoms. The van der Waals surface area contributed by atoms with Gasteiger partial charge in [0.15, 0.2) is 12.1 Å². The Balaban J connectivity index is 1.39. The predicted octanol–water partition coefficient (Wildman–Crippen LogP) is 2.70. The maximum Gasteiger partial charge on any atom is 0.276 e. The number of benzene rings is 1. The zero-order chi connectivity index (χ0) is 19.5. The number of rotatable bonds is 3. The molecule has 2 fully saturated rings. The van der Waals surface area contributed by atoms with Crippen molar-refractivity contribution in [2.45, 2.75) is 49.2 Å². The van der Waals surface area contributed by atoms with Crippen molar-refractivity contribution in [2.24, 2.45) is 0 Å². The van der Waals surface area contributed by atoms with Crippen LogP contribution in [-0.4, -0.2) is 59.1 Å². The third-order valence-electron chi connectivity index (χ3n) is 6.93. The number of carbonyl (C=O) groups is 1. The van der Waals surface area contributed by atoms with Crippen molar-refractivity contribution in [3.8, 4) is 0 Å². The van der Waals surface area contributed by atoms with Crippen molar-refractivity contribution in [1.29, 1.82) is 0 Å². The quantitative estimate of drug-likeness (QED) is 0.885. The van der Waals surface area contributed by atoms with Crippen LogP contribution in [0.25, 0.3) is 0 Å². The van der Waals surface area contributed by atoms with E-state index in [-0.39, 0.29) is 17.4 Å². The van der Waals surface area contributed by atoms with Gasteiger partial charge in [0.1, 0.15) is 5.76 Å². The number of aliphatic hydroxyl groups excluding tert-OH is 1. The lowest BCUT2D eigenvalue weighted by molar-refractivity contribution is -0.00157. The van der Waals surface area contributed by atoms with Crippen LogP contribution in [0.3, 0.4) is 0 Å². The van der Waals surface area contributed by atoms with Gasteiger partial charge in [0.2, 0.25) is 0 Å². The van der Waals surface area contributed by atoms with Crippen LogP contribution in [0.15, 0.2) is 35.1 Å². The van der Waals surface area contributed by atoms with Gasteiger partial charge in [-0.1, -0.05) is 24.3 Å². The summed E-state index contributed by atoms with van der Waals surface area (Å²) in [6.45, 7) is 1.25. The van der Waals surface area contributed by atoms with Crippen LogP contribution in [0.1, 0.15) is 65.0 Å².